The van der Waals surface area contributed by atoms with Crippen LogP contribution in [0.2, 0.25) is 0 Å². The molecular weight excluding hydrogens is 354 g/mol. The highest BCUT2D eigenvalue weighted by molar-refractivity contribution is 8.00. The number of nitrogens with zero attached hydrogens (tertiary/aromatic N) is 4. The molecule has 1 aromatic heterocycles. The van der Waals surface area contributed by atoms with Crippen LogP contribution < -0.4 is 5.32 Å². The summed E-state index contributed by atoms with van der Waals surface area (Å²) in [5, 5.41) is 22.0. The van der Waals surface area contributed by atoms with Gasteiger partial charge in [-0.3, -0.25) is 14.9 Å². The van der Waals surface area contributed by atoms with Gasteiger partial charge in [-0.1, -0.05) is 6.42 Å². The molecule has 0 saturated heterocycles. The molecule has 1 aliphatic rings. The van der Waals surface area contributed by atoms with Crippen molar-refractivity contribution in [1.82, 2.24) is 20.1 Å². The normalized spacial score (nSPS) is 13.7. The van der Waals surface area contributed by atoms with E-state index in [1.54, 1.807) is 12.1 Å². The van der Waals surface area contributed by atoms with Crippen LogP contribution in [0.4, 0.5) is 5.69 Å². The Morgan fingerprint density at radius 2 is 2.04 bits per heavy atom. The number of aromatic nitrogens is 3. The lowest BCUT2D eigenvalue weighted by atomic mass is 10.2. The van der Waals surface area contributed by atoms with E-state index in [0.29, 0.717) is 13.0 Å². The number of rotatable bonds is 7. The van der Waals surface area contributed by atoms with Crippen molar-refractivity contribution in [2.24, 2.45) is 0 Å². The number of carbonyl (C=O) groups excluding carboxylic acids is 1. The third-order valence-corrected chi connectivity index (χ3v) is 5.29. The fraction of sp³-hybridized carbons (Fsp3) is 0.471. The number of amides is 1. The number of nitrogens with one attached hydrogen (secondary N) is 1. The van der Waals surface area contributed by atoms with Gasteiger partial charge in [-0.05, 0) is 25.0 Å². The zero-order valence-electron chi connectivity index (χ0n) is 14.4. The molecule has 0 saturated carbocycles. The first kappa shape index (κ1) is 18.4. The van der Waals surface area contributed by atoms with E-state index < -0.39 is 4.92 Å². The molecule has 0 fully saturated rings. The molecule has 0 atom stereocenters. The van der Waals surface area contributed by atoms with Crippen molar-refractivity contribution in [2.75, 3.05) is 12.3 Å². The Labute approximate surface area is 155 Å². The summed E-state index contributed by atoms with van der Waals surface area (Å²) in [5.41, 5.74) is 0.0474. The van der Waals surface area contributed by atoms with Crippen molar-refractivity contribution in [1.29, 1.82) is 0 Å². The molecule has 8 nitrogen and oxygen atoms in total. The number of hydrogen-bond acceptors (Lipinski definition) is 6. The maximum atomic E-state index is 12.0. The van der Waals surface area contributed by atoms with Gasteiger partial charge in [0.25, 0.3) is 5.69 Å². The number of nitro groups is 1. The van der Waals surface area contributed by atoms with Gasteiger partial charge in [0.1, 0.15) is 11.6 Å². The van der Waals surface area contributed by atoms with Crippen molar-refractivity contribution in [3.63, 3.8) is 0 Å². The van der Waals surface area contributed by atoms with Gasteiger partial charge in [-0.25, -0.2) is 0 Å². The number of benzene rings is 1. The Morgan fingerprint density at radius 1 is 1.23 bits per heavy atom. The zero-order valence-corrected chi connectivity index (χ0v) is 15.2. The van der Waals surface area contributed by atoms with Crippen LogP contribution in [-0.2, 0) is 24.2 Å². The molecule has 0 unspecified atom stereocenters. The van der Waals surface area contributed by atoms with E-state index in [9.17, 15) is 14.9 Å². The number of carbonyl (C=O) groups is 1. The molecule has 0 bridgehead atoms. The molecule has 1 aliphatic heterocycles. The molecular formula is C17H21N5O3S. The maximum Gasteiger partial charge on any atom is 0.269 e. The molecule has 1 N–H and O–H groups in total. The van der Waals surface area contributed by atoms with E-state index in [4.69, 9.17) is 0 Å². The standard InChI is InChI=1S/C17H21N5O3S/c23-17(12-26-14-7-5-13(6-8-14)22(24)25)18-10-9-16-20-19-15-4-2-1-3-11-21(15)16/h5-8H,1-4,9-12H2,(H,18,23). The van der Waals surface area contributed by atoms with Gasteiger partial charge in [0.05, 0.1) is 10.7 Å². The maximum absolute atomic E-state index is 12.0. The quantitative estimate of drug-likeness (QED) is 0.453. The average molecular weight is 375 g/mol. The molecule has 1 amide bonds. The van der Waals surface area contributed by atoms with Gasteiger partial charge >= 0.3 is 0 Å². The van der Waals surface area contributed by atoms with Crippen molar-refractivity contribution in [3.05, 3.63) is 46.0 Å². The van der Waals surface area contributed by atoms with Gasteiger partial charge < -0.3 is 9.88 Å². The zero-order chi connectivity index (χ0) is 18.4. The minimum Gasteiger partial charge on any atom is -0.355 e. The van der Waals surface area contributed by atoms with Crippen molar-refractivity contribution in [2.45, 2.75) is 43.5 Å². The van der Waals surface area contributed by atoms with Crippen LogP contribution in [0.15, 0.2) is 29.2 Å². The van der Waals surface area contributed by atoms with Crippen molar-refractivity contribution < 1.29 is 9.72 Å². The van der Waals surface area contributed by atoms with E-state index in [1.807, 2.05) is 0 Å². The second-order valence-electron chi connectivity index (χ2n) is 6.13. The van der Waals surface area contributed by atoms with Crippen molar-refractivity contribution >= 4 is 23.4 Å². The van der Waals surface area contributed by atoms with Gasteiger partial charge in [0.15, 0.2) is 0 Å². The van der Waals surface area contributed by atoms with E-state index in [-0.39, 0.29) is 17.3 Å². The summed E-state index contributed by atoms with van der Waals surface area (Å²) in [5.74, 6) is 2.20. The summed E-state index contributed by atoms with van der Waals surface area (Å²) in [4.78, 5) is 23.0. The topological polar surface area (TPSA) is 103 Å². The minimum absolute atomic E-state index is 0.0474. The number of hydrogen-bond donors (Lipinski definition) is 1. The summed E-state index contributed by atoms with van der Waals surface area (Å²) in [6, 6.07) is 6.19. The number of nitro benzene ring substituents is 1. The van der Waals surface area contributed by atoms with E-state index in [0.717, 1.165) is 42.4 Å². The summed E-state index contributed by atoms with van der Waals surface area (Å²) in [6.07, 6.45) is 5.18. The SMILES string of the molecule is O=C(CSc1ccc([N+](=O)[O-])cc1)NCCc1nnc2n1CCCCC2. The Bertz CT molecular complexity index is 775. The van der Waals surface area contributed by atoms with Crippen LogP contribution in [-0.4, -0.2) is 37.9 Å². The van der Waals surface area contributed by atoms with Crippen molar-refractivity contribution in [3.8, 4) is 0 Å². The second kappa shape index (κ2) is 8.79. The van der Waals surface area contributed by atoms with Gasteiger partial charge in [-0.2, -0.15) is 0 Å². The smallest absolute Gasteiger partial charge is 0.269 e. The lowest BCUT2D eigenvalue weighted by Gasteiger charge is -2.08. The van der Waals surface area contributed by atoms with Crippen LogP contribution in [0.1, 0.15) is 30.9 Å². The van der Waals surface area contributed by atoms with Gasteiger partial charge in [0.2, 0.25) is 5.91 Å². The van der Waals surface area contributed by atoms with Gasteiger partial charge in [0, 0.05) is 43.0 Å². The summed E-state index contributed by atoms with van der Waals surface area (Å²) >= 11 is 1.35. The molecule has 138 valence electrons. The third kappa shape index (κ3) is 4.81. The number of fused-ring (bicyclic) bond motifs is 1. The first-order valence-corrected chi connectivity index (χ1v) is 9.67. The summed E-state index contributed by atoms with van der Waals surface area (Å²) in [6.45, 7) is 1.49. The Morgan fingerprint density at radius 3 is 2.81 bits per heavy atom. The Hall–Kier alpha value is -2.42. The molecule has 2 heterocycles. The average Bonchev–Trinajstić information content (AvgIpc) is 2.87. The predicted octanol–water partition coefficient (Wildman–Crippen LogP) is 2.36. The lowest BCUT2D eigenvalue weighted by Crippen LogP contribution is -2.28. The monoisotopic (exact) mass is 375 g/mol. The highest BCUT2D eigenvalue weighted by Gasteiger charge is 2.14. The first-order chi connectivity index (χ1) is 12.6. The molecule has 2 aromatic rings. The number of aryl methyl sites for hydroxylation is 1. The Balaban J connectivity index is 1.42. The van der Waals surface area contributed by atoms with Crippen LogP contribution in [0, 0.1) is 10.1 Å². The van der Waals surface area contributed by atoms with Crippen LogP contribution in [0.25, 0.3) is 0 Å². The fourth-order valence-electron chi connectivity index (χ4n) is 2.91. The van der Waals surface area contributed by atoms with Crippen LogP contribution >= 0.6 is 11.8 Å². The summed E-state index contributed by atoms with van der Waals surface area (Å²) < 4.78 is 2.19. The van der Waals surface area contributed by atoms with Crippen LogP contribution in [0.5, 0.6) is 0 Å². The van der Waals surface area contributed by atoms with Gasteiger partial charge in [-0.15, -0.1) is 22.0 Å². The van der Waals surface area contributed by atoms with Crippen LogP contribution in [0.3, 0.4) is 0 Å². The molecule has 0 aliphatic carbocycles. The lowest BCUT2D eigenvalue weighted by molar-refractivity contribution is -0.384. The first-order valence-electron chi connectivity index (χ1n) is 8.68. The second-order valence-corrected chi connectivity index (χ2v) is 7.18. The Kier molecular flexibility index (Phi) is 6.21. The predicted molar refractivity (Wildman–Crippen MR) is 98.1 cm³/mol. The molecule has 0 radical (unpaired) electrons. The molecule has 0 spiro atoms. The highest BCUT2D eigenvalue weighted by Crippen LogP contribution is 2.21. The fourth-order valence-corrected chi connectivity index (χ4v) is 3.64. The van der Waals surface area contributed by atoms with E-state index in [2.05, 4.69) is 20.1 Å². The van der Waals surface area contributed by atoms with E-state index >= 15 is 0 Å². The number of non-ortho nitro benzene ring substituents is 1. The highest BCUT2D eigenvalue weighted by atomic mass is 32.2. The van der Waals surface area contributed by atoms with E-state index in [1.165, 1.54) is 30.3 Å². The summed E-state index contributed by atoms with van der Waals surface area (Å²) in [7, 11) is 0. The molecule has 3 rings (SSSR count). The molecule has 1 aromatic carbocycles. The molecule has 26 heavy (non-hydrogen) atoms. The largest absolute Gasteiger partial charge is 0.355 e. The molecule has 9 heteroatoms. The minimum atomic E-state index is -0.438. The third-order valence-electron chi connectivity index (χ3n) is 4.27. The number of thioether (sulfide) groups is 1.